The van der Waals surface area contributed by atoms with Crippen LogP contribution in [0.5, 0.6) is 5.75 Å². The topological polar surface area (TPSA) is 50.4 Å². The minimum absolute atomic E-state index is 0.242. The summed E-state index contributed by atoms with van der Waals surface area (Å²) in [6.45, 7) is -1.40. The Morgan fingerprint density at radius 1 is 1.44 bits per heavy atom. The predicted molar refractivity (Wildman–Crippen MR) is 61.1 cm³/mol. The molecule has 0 spiro atoms. The summed E-state index contributed by atoms with van der Waals surface area (Å²) in [5.74, 6) is 0.401. The van der Waals surface area contributed by atoms with Gasteiger partial charge in [0.15, 0.2) is 0 Å². The van der Waals surface area contributed by atoms with E-state index in [0.29, 0.717) is 5.75 Å². The third kappa shape index (κ3) is 4.70. The van der Waals surface area contributed by atoms with Crippen molar-refractivity contribution >= 4 is 23.3 Å². The average molecular weight is 283 g/mol. The summed E-state index contributed by atoms with van der Waals surface area (Å²) in [5.41, 5.74) is 0.264. The van der Waals surface area contributed by atoms with Crippen LogP contribution in [0.4, 0.5) is 23.7 Å². The first-order chi connectivity index (χ1) is 8.31. The number of amides is 2. The van der Waals surface area contributed by atoms with E-state index in [-0.39, 0.29) is 10.7 Å². The number of carbonyl (C=O) groups excluding carboxylic acids is 1. The number of nitrogens with one attached hydrogen (secondary N) is 2. The lowest BCUT2D eigenvalue weighted by Crippen LogP contribution is -2.36. The van der Waals surface area contributed by atoms with Gasteiger partial charge in [-0.2, -0.15) is 13.2 Å². The zero-order valence-corrected chi connectivity index (χ0v) is 10.0. The van der Waals surface area contributed by atoms with Gasteiger partial charge in [-0.25, -0.2) is 4.79 Å². The molecular weight excluding hydrogens is 273 g/mol. The smallest absolute Gasteiger partial charge is 0.405 e. The van der Waals surface area contributed by atoms with Crippen LogP contribution in [0.3, 0.4) is 0 Å². The predicted octanol–water partition coefficient (Wildman–Crippen LogP) is 3.03. The maximum atomic E-state index is 11.8. The molecule has 0 aliphatic rings. The van der Waals surface area contributed by atoms with Crippen molar-refractivity contribution in [3.8, 4) is 5.75 Å². The number of ether oxygens (including phenoxy) is 1. The van der Waals surface area contributed by atoms with Gasteiger partial charge in [0.25, 0.3) is 0 Å². The molecule has 0 saturated carbocycles. The molecule has 0 fully saturated rings. The molecule has 1 aromatic carbocycles. The molecular formula is C10H10ClF3N2O2. The van der Waals surface area contributed by atoms with Gasteiger partial charge in [-0.1, -0.05) is 11.6 Å². The Morgan fingerprint density at radius 2 is 2.11 bits per heavy atom. The van der Waals surface area contributed by atoms with Gasteiger partial charge in [0.2, 0.25) is 0 Å². The Kier molecular flexibility index (Phi) is 4.66. The van der Waals surface area contributed by atoms with E-state index >= 15 is 0 Å². The van der Waals surface area contributed by atoms with Crippen LogP contribution in [0.1, 0.15) is 0 Å². The molecule has 2 amide bonds. The number of urea groups is 1. The van der Waals surface area contributed by atoms with E-state index in [9.17, 15) is 18.0 Å². The van der Waals surface area contributed by atoms with Crippen LogP contribution >= 0.6 is 11.6 Å². The molecule has 0 radical (unpaired) electrons. The van der Waals surface area contributed by atoms with Gasteiger partial charge in [-0.3, -0.25) is 0 Å². The Labute approximate surface area is 106 Å². The van der Waals surface area contributed by atoms with Crippen molar-refractivity contribution in [1.29, 1.82) is 0 Å². The van der Waals surface area contributed by atoms with E-state index in [2.05, 4.69) is 5.32 Å². The normalized spacial score (nSPS) is 10.9. The molecule has 1 rings (SSSR count). The molecule has 0 aliphatic heterocycles. The molecule has 4 nitrogen and oxygen atoms in total. The fourth-order valence-corrected chi connectivity index (χ4v) is 1.36. The van der Waals surface area contributed by atoms with Crippen LogP contribution in [0, 0.1) is 0 Å². The molecule has 0 saturated heterocycles. The molecule has 8 heteroatoms. The zero-order valence-electron chi connectivity index (χ0n) is 9.27. The summed E-state index contributed by atoms with van der Waals surface area (Å²) >= 11 is 5.79. The quantitative estimate of drug-likeness (QED) is 0.895. The Hall–Kier alpha value is -1.63. The van der Waals surface area contributed by atoms with Crippen LogP contribution in [0.15, 0.2) is 18.2 Å². The number of methoxy groups -OCH3 is 1. The lowest BCUT2D eigenvalue weighted by molar-refractivity contribution is -0.122. The van der Waals surface area contributed by atoms with E-state index in [0.717, 1.165) is 0 Å². The van der Waals surface area contributed by atoms with Crippen LogP contribution in [0.2, 0.25) is 5.02 Å². The van der Waals surface area contributed by atoms with E-state index in [1.165, 1.54) is 25.3 Å². The minimum atomic E-state index is -4.45. The lowest BCUT2D eigenvalue weighted by atomic mass is 10.3. The lowest BCUT2D eigenvalue weighted by Gasteiger charge is -2.10. The first-order valence-corrected chi connectivity index (χ1v) is 5.15. The van der Waals surface area contributed by atoms with Crippen molar-refractivity contribution in [2.45, 2.75) is 6.18 Å². The van der Waals surface area contributed by atoms with E-state index < -0.39 is 18.8 Å². The summed E-state index contributed by atoms with van der Waals surface area (Å²) < 4.78 is 40.4. The molecule has 18 heavy (non-hydrogen) atoms. The number of anilines is 1. The van der Waals surface area contributed by atoms with E-state index in [1.807, 2.05) is 0 Å². The van der Waals surface area contributed by atoms with Crippen molar-refractivity contribution in [1.82, 2.24) is 5.32 Å². The highest BCUT2D eigenvalue weighted by Gasteiger charge is 2.27. The second-order valence-corrected chi connectivity index (χ2v) is 3.68. The molecule has 2 N–H and O–H groups in total. The second kappa shape index (κ2) is 5.81. The van der Waals surface area contributed by atoms with Crippen molar-refractivity contribution in [3.05, 3.63) is 23.2 Å². The molecule has 0 heterocycles. The molecule has 0 aromatic heterocycles. The summed E-state index contributed by atoms with van der Waals surface area (Å²) in [4.78, 5) is 11.1. The average Bonchev–Trinajstić information content (AvgIpc) is 2.26. The van der Waals surface area contributed by atoms with Gasteiger partial charge in [-0.05, 0) is 18.2 Å². The number of rotatable bonds is 3. The van der Waals surface area contributed by atoms with E-state index in [1.54, 1.807) is 5.32 Å². The van der Waals surface area contributed by atoms with Gasteiger partial charge >= 0.3 is 12.2 Å². The van der Waals surface area contributed by atoms with Crippen molar-refractivity contribution in [3.63, 3.8) is 0 Å². The fraction of sp³-hybridized carbons (Fsp3) is 0.300. The number of benzene rings is 1. The van der Waals surface area contributed by atoms with Gasteiger partial charge in [0.1, 0.15) is 12.3 Å². The Morgan fingerprint density at radius 3 is 2.61 bits per heavy atom. The van der Waals surface area contributed by atoms with Gasteiger partial charge in [-0.15, -0.1) is 0 Å². The summed E-state index contributed by atoms with van der Waals surface area (Å²) in [6, 6.07) is 3.35. The van der Waals surface area contributed by atoms with Crippen molar-refractivity contribution < 1.29 is 22.7 Å². The molecule has 100 valence electrons. The first-order valence-electron chi connectivity index (χ1n) is 4.77. The summed E-state index contributed by atoms with van der Waals surface area (Å²) in [7, 11) is 1.42. The zero-order chi connectivity index (χ0) is 13.8. The van der Waals surface area contributed by atoms with Crippen molar-refractivity contribution in [2.24, 2.45) is 0 Å². The SMILES string of the molecule is COc1ccc(NC(=O)NCC(F)(F)F)cc1Cl. The number of hydrogen-bond acceptors (Lipinski definition) is 2. The second-order valence-electron chi connectivity index (χ2n) is 3.27. The third-order valence-electron chi connectivity index (χ3n) is 1.86. The fourth-order valence-electron chi connectivity index (χ4n) is 1.10. The molecule has 1 aromatic rings. The summed E-state index contributed by atoms with van der Waals surface area (Å²) in [5, 5.41) is 4.13. The first kappa shape index (κ1) is 14.4. The molecule has 0 atom stereocenters. The maximum Gasteiger partial charge on any atom is 0.405 e. The van der Waals surface area contributed by atoms with Gasteiger partial charge in [0, 0.05) is 5.69 Å². The highest BCUT2D eigenvalue weighted by molar-refractivity contribution is 6.32. The highest BCUT2D eigenvalue weighted by atomic mass is 35.5. The molecule has 0 unspecified atom stereocenters. The van der Waals surface area contributed by atoms with Crippen LogP contribution < -0.4 is 15.4 Å². The maximum absolute atomic E-state index is 11.8. The summed E-state index contributed by atoms with van der Waals surface area (Å²) in [6.07, 6.45) is -4.45. The molecule has 0 aliphatic carbocycles. The number of hydrogen-bond donors (Lipinski definition) is 2. The standard InChI is InChI=1S/C10H10ClF3N2O2/c1-18-8-3-2-6(4-7(8)11)16-9(17)15-5-10(12,13)14/h2-4H,5H2,1H3,(H2,15,16,17). The molecule has 0 bridgehead atoms. The van der Waals surface area contributed by atoms with Crippen molar-refractivity contribution in [2.75, 3.05) is 19.0 Å². The Balaban J connectivity index is 2.57. The number of halogens is 4. The van der Waals surface area contributed by atoms with E-state index in [4.69, 9.17) is 16.3 Å². The monoisotopic (exact) mass is 282 g/mol. The largest absolute Gasteiger partial charge is 0.495 e. The van der Waals surface area contributed by atoms with Crippen LogP contribution in [-0.2, 0) is 0 Å². The number of carbonyl (C=O) groups is 1. The van der Waals surface area contributed by atoms with Crippen LogP contribution in [-0.4, -0.2) is 25.9 Å². The minimum Gasteiger partial charge on any atom is -0.495 e. The highest BCUT2D eigenvalue weighted by Crippen LogP contribution is 2.27. The Bertz CT molecular complexity index is 438. The van der Waals surface area contributed by atoms with Gasteiger partial charge in [0.05, 0.1) is 12.1 Å². The number of alkyl halides is 3. The van der Waals surface area contributed by atoms with Crippen LogP contribution in [0.25, 0.3) is 0 Å². The third-order valence-corrected chi connectivity index (χ3v) is 2.15. The van der Waals surface area contributed by atoms with Gasteiger partial charge < -0.3 is 15.4 Å².